The molecule has 0 bridgehead atoms. The molecule has 0 radical (unpaired) electrons. The third kappa shape index (κ3) is 3.90. The third-order valence-corrected chi connectivity index (χ3v) is 8.01. The summed E-state index contributed by atoms with van der Waals surface area (Å²) in [5, 5.41) is 6.85. The number of hydrogen-bond donors (Lipinski definition) is 1. The Kier molecular flexibility index (Phi) is 5.36. The number of fused-ring (bicyclic) bond motifs is 3. The SMILES string of the molecule is NS(=O)(=O)c1ccc2sc3ncnc(O[C@H]4CC[C@H](N5CCOCC5)CC4)c3c2c1. The number of thiophene rings is 1. The van der Waals surface area contributed by atoms with Crippen LogP contribution in [0.3, 0.4) is 0 Å². The van der Waals surface area contributed by atoms with Gasteiger partial charge in [-0.3, -0.25) is 4.90 Å². The number of ether oxygens (including phenoxy) is 2. The normalized spacial score (nSPS) is 23.8. The van der Waals surface area contributed by atoms with Crippen molar-refractivity contribution in [2.75, 3.05) is 26.3 Å². The van der Waals surface area contributed by atoms with Crippen molar-refractivity contribution >= 4 is 41.7 Å². The predicted molar refractivity (Wildman–Crippen MR) is 115 cm³/mol. The Morgan fingerprint density at radius 2 is 1.90 bits per heavy atom. The van der Waals surface area contributed by atoms with Gasteiger partial charge < -0.3 is 9.47 Å². The van der Waals surface area contributed by atoms with Gasteiger partial charge in [0.15, 0.2) is 0 Å². The molecule has 30 heavy (non-hydrogen) atoms. The Morgan fingerprint density at radius 1 is 1.13 bits per heavy atom. The molecule has 2 N–H and O–H groups in total. The Balaban J connectivity index is 1.39. The minimum atomic E-state index is -3.79. The highest BCUT2D eigenvalue weighted by molar-refractivity contribution is 7.89. The summed E-state index contributed by atoms with van der Waals surface area (Å²) in [7, 11) is -3.79. The van der Waals surface area contributed by atoms with Crippen LogP contribution in [0, 0.1) is 0 Å². The second-order valence-corrected chi connectivity index (χ2v) is 10.5. The maximum Gasteiger partial charge on any atom is 0.238 e. The summed E-state index contributed by atoms with van der Waals surface area (Å²) in [6.45, 7) is 3.66. The summed E-state index contributed by atoms with van der Waals surface area (Å²) < 4.78 is 36.3. The molecule has 2 aliphatic rings. The van der Waals surface area contributed by atoms with E-state index in [1.165, 1.54) is 23.7 Å². The number of nitrogens with zero attached hydrogens (tertiary/aromatic N) is 3. The maximum atomic E-state index is 11.8. The van der Waals surface area contributed by atoms with E-state index in [1.54, 1.807) is 12.1 Å². The van der Waals surface area contributed by atoms with Crippen LogP contribution in [0.25, 0.3) is 20.3 Å². The van der Waals surface area contributed by atoms with Gasteiger partial charge in [0, 0.05) is 29.2 Å². The van der Waals surface area contributed by atoms with Gasteiger partial charge >= 0.3 is 0 Å². The van der Waals surface area contributed by atoms with Gasteiger partial charge in [0.25, 0.3) is 0 Å². The quantitative estimate of drug-likeness (QED) is 0.653. The van der Waals surface area contributed by atoms with Gasteiger partial charge in [0.2, 0.25) is 15.9 Å². The summed E-state index contributed by atoms with van der Waals surface area (Å²) in [6, 6.07) is 5.47. The van der Waals surface area contributed by atoms with E-state index >= 15 is 0 Å². The number of hydrogen-bond acceptors (Lipinski definition) is 8. The molecule has 1 saturated carbocycles. The highest BCUT2D eigenvalue weighted by Crippen LogP contribution is 2.39. The van der Waals surface area contributed by atoms with Crippen LogP contribution >= 0.6 is 11.3 Å². The first kappa shape index (κ1) is 20.1. The number of morpholine rings is 1. The first-order valence-electron chi connectivity index (χ1n) is 10.2. The van der Waals surface area contributed by atoms with Gasteiger partial charge in [-0.25, -0.2) is 23.5 Å². The smallest absolute Gasteiger partial charge is 0.238 e. The molecule has 1 saturated heterocycles. The number of benzene rings is 1. The molecule has 0 amide bonds. The van der Waals surface area contributed by atoms with Crippen LogP contribution in [0.15, 0.2) is 29.4 Å². The average molecular weight is 449 g/mol. The number of primary sulfonamides is 1. The average Bonchev–Trinajstić information content (AvgIpc) is 3.13. The van der Waals surface area contributed by atoms with Crippen LogP contribution in [-0.4, -0.2) is 61.7 Å². The van der Waals surface area contributed by atoms with Gasteiger partial charge in [0.05, 0.1) is 23.5 Å². The largest absolute Gasteiger partial charge is 0.474 e. The molecule has 2 fully saturated rings. The van der Waals surface area contributed by atoms with Crippen molar-refractivity contribution in [3.63, 3.8) is 0 Å². The lowest BCUT2D eigenvalue weighted by atomic mass is 9.91. The van der Waals surface area contributed by atoms with E-state index in [2.05, 4.69) is 14.9 Å². The minimum absolute atomic E-state index is 0.0792. The van der Waals surface area contributed by atoms with E-state index in [0.29, 0.717) is 11.9 Å². The van der Waals surface area contributed by atoms with Crippen molar-refractivity contribution in [3.05, 3.63) is 24.5 Å². The Morgan fingerprint density at radius 3 is 2.63 bits per heavy atom. The van der Waals surface area contributed by atoms with Crippen LogP contribution in [0.2, 0.25) is 0 Å². The summed E-state index contributed by atoms with van der Waals surface area (Å²) in [6.07, 6.45) is 5.73. The van der Waals surface area contributed by atoms with Gasteiger partial charge in [-0.1, -0.05) is 0 Å². The van der Waals surface area contributed by atoms with Crippen molar-refractivity contribution in [2.24, 2.45) is 5.14 Å². The number of sulfonamides is 1. The third-order valence-electron chi connectivity index (χ3n) is 6.02. The Hall–Kier alpha value is -1.85. The number of nitrogens with two attached hydrogens (primary N) is 1. The van der Waals surface area contributed by atoms with Crippen LogP contribution in [-0.2, 0) is 14.8 Å². The van der Waals surface area contributed by atoms with Crippen molar-refractivity contribution in [1.29, 1.82) is 0 Å². The number of rotatable bonds is 4. The second-order valence-electron chi connectivity index (χ2n) is 7.86. The zero-order valence-corrected chi connectivity index (χ0v) is 18.1. The maximum absolute atomic E-state index is 11.8. The first-order chi connectivity index (χ1) is 14.5. The summed E-state index contributed by atoms with van der Waals surface area (Å²) >= 11 is 1.49. The fourth-order valence-electron chi connectivity index (χ4n) is 4.45. The summed E-state index contributed by atoms with van der Waals surface area (Å²) in [5.74, 6) is 0.521. The van der Waals surface area contributed by atoms with Gasteiger partial charge in [0.1, 0.15) is 17.3 Å². The molecule has 2 aromatic heterocycles. The van der Waals surface area contributed by atoms with E-state index in [0.717, 1.165) is 72.3 Å². The second kappa shape index (κ2) is 8.01. The predicted octanol–water partition coefficient (Wildman–Crippen LogP) is 2.51. The molecule has 8 nitrogen and oxygen atoms in total. The monoisotopic (exact) mass is 448 g/mol. The lowest BCUT2D eigenvalue weighted by Gasteiger charge is -2.38. The van der Waals surface area contributed by atoms with Gasteiger partial charge in [-0.15, -0.1) is 11.3 Å². The molecule has 3 heterocycles. The minimum Gasteiger partial charge on any atom is -0.474 e. The molecule has 1 aliphatic carbocycles. The Bertz CT molecular complexity index is 1170. The molecule has 1 aliphatic heterocycles. The fourth-order valence-corrected chi connectivity index (χ4v) is 6.01. The Labute approximate surface area is 179 Å². The lowest BCUT2D eigenvalue weighted by Crippen LogP contribution is -2.46. The van der Waals surface area contributed by atoms with Crippen LogP contribution in [0.4, 0.5) is 0 Å². The van der Waals surface area contributed by atoms with Crippen molar-refractivity contribution in [3.8, 4) is 5.88 Å². The molecular weight excluding hydrogens is 424 g/mol. The first-order valence-corrected chi connectivity index (χ1v) is 12.5. The topological polar surface area (TPSA) is 108 Å². The lowest BCUT2D eigenvalue weighted by molar-refractivity contribution is -0.00125. The van der Waals surface area contributed by atoms with E-state index in [4.69, 9.17) is 14.6 Å². The molecule has 1 aromatic carbocycles. The molecule has 3 aromatic rings. The summed E-state index contributed by atoms with van der Waals surface area (Å²) in [4.78, 5) is 12.1. The molecule has 0 unspecified atom stereocenters. The van der Waals surface area contributed by atoms with Gasteiger partial charge in [-0.05, 0) is 43.9 Å². The molecule has 10 heteroatoms. The van der Waals surface area contributed by atoms with Crippen molar-refractivity contribution < 1.29 is 17.9 Å². The highest BCUT2D eigenvalue weighted by Gasteiger charge is 2.28. The van der Waals surface area contributed by atoms with Crippen LogP contribution < -0.4 is 9.88 Å². The highest BCUT2D eigenvalue weighted by atomic mass is 32.2. The standard InChI is InChI=1S/C20H24N4O4S2/c21-30(25,26)15-5-6-17-16(11-15)18-19(22-12-23-20(18)29-17)28-14-3-1-13(2-4-14)24-7-9-27-10-8-24/h5-6,11-14H,1-4,7-10H2,(H2,21,25,26)/t13-,14-. The van der Waals surface area contributed by atoms with E-state index in [-0.39, 0.29) is 11.0 Å². The molecule has 5 rings (SSSR count). The molecule has 0 spiro atoms. The van der Waals surface area contributed by atoms with Crippen molar-refractivity contribution in [1.82, 2.24) is 14.9 Å². The zero-order chi connectivity index (χ0) is 20.7. The number of aromatic nitrogens is 2. The van der Waals surface area contributed by atoms with Crippen LogP contribution in [0.5, 0.6) is 5.88 Å². The molecule has 0 atom stereocenters. The molecular formula is C20H24N4O4S2. The van der Waals surface area contributed by atoms with Crippen molar-refractivity contribution in [2.45, 2.75) is 42.7 Å². The van der Waals surface area contributed by atoms with Crippen LogP contribution in [0.1, 0.15) is 25.7 Å². The summed E-state index contributed by atoms with van der Waals surface area (Å²) in [5.41, 5.74) is 0. The van der Waals surface area contributed by atoms with Gasteiger partial charge in [-0.2, -0.15) is 0 Å². The van der Waals surface area contributed by atoms with E-state index < -0.39 is 10.0 Å². The zero-order valence-electron chi connectivity index (χ0n) is 16.5. The molecule has 160 valence electrons. The van der Waals surface area contributed by atoms with E-state index in [1.807, 2.05) is 0 Å². The fraction of sp³-hybridized carbons (Fsp3) is 0.500. The van der Waals surface area contributed by atoms with E-state index in [9.17, 15) is 8.42 Å².